The first-order chi connectivity index (χ1) is 12.7. The highest BCUT2D eigenvalue weighted by atomic mass is 16.2. The van der Waals surface area contributed by atoms with Crippen LogP contribution in [0.5, 0.6) is 0 Å². The largest absolute Gasteiger partial charge is 0.330 e. The first-order valence-corrected chi connectivity index (χ1v) is 9.44. The Morgan fingerprint density at radius 2 is 1.92 bits per heavy atom. The Morgan fingerprint density at radius 3 is 2.69 bits per heavy atom. The Bertz CT molecular complexity index is 781. The van der Waals surface area contributed by atoms with E-state index in [4.69, 9.17) is 0 Å². The van der Waals surface area contributed by atoms with E-state index in [1.807, 2.05) is 41.4 Å². The number of rotatable bonds is 4. The van der Waals surface area contributed by atoms with Crippen LogP contribution in [0.3, 0.4) is 0 Å². The topological polar surface area (TPSA) is 67.2 Å². The van der Waals surface area contributed by atoms with Gasteiger partial charge in [-0.3, -0.25) is 9.59 Å². The summed E-state index contributed by atoms with van der Waals surface area (Å²) in [5, 5.41) is 7.20. The minimum absolute atomic E-state index is 0.0912. The lowest BCUT2D eigenvalue weighted by Crippen LogP contribution is -2.45. The Balaban J connectivity index is 1.45. The molecule has 1 aliphatic heterocycles. The molecule has 4 rings (SSSR count). The summed E-state index contributed by atoms with van der Waals surface area (Å²) in [5.41, 5.74) is 1.61. The van der Waals surface area contributed by atoms with Crippen molar-refractivity contribution in [2.24, 2.45) is 5.92 Å². The van der Waals surface area contributed by atoms with Crippen molar-refractivity contribution in [1.29, 1.82) is 0 Å². The van der Waals surface area contributed by atoms with E-state index in [0.29, 0.717) is 6.54 Å². The van der Waals surface area contributed by atoms with Crippen LogP contribution in [-0.2, 0) is 9.59 Å². The average molecular weight is 352 g/mol. The van der Waals surface area contributed by atoms with Crippen LogP contribution in [0.1, 0.15) is 38.5 Å². The van der Waals surface area contributed by atoms with E-state index in [0.717, 1.165) is 49.9 Å². The lowest BCUT2D eigenvalue weighted by atomic mass is 10.1. The van der Waals surface area contributed by atoms with E-state index in [2.05, 4.69) is 10.4 Å². The zero-order valence-corrected chi connectivity index (χ0v) is 14.8. The second kappa shape index (κ2) is 7.32. The summed E-state index contributed by atoms with van der Waals surface area (Å²) in [5.74, 6) is 0.198. The quantitative estimate of drug-likeness (QED) is 0.920. The Kier molecular flexibility index (Phi) is 4.73. The molecule has 2 heterocycles. The van der Waals surface area contributed by atoms with Crippen molar-refractivity contribution in [3.63, 3.8) is 0 Å². The molecule has 0 unspecified atom stereocenters. The fraction of sp³-hybridized carbons (Fsp3) is 0.450. The summed E-state index contributed by atoms with van der Waals surface area (Å²) in [6.45, 7) is 0.695. The Morgan fingerprint density at radius 1 is 1.08 bits per heavy atom. The van der Waals surface area contributed by atoms with Crippen molar-refractivity contribution in [2.45, 2.75) is 44.6 Å². The van der Waals surface area contributed by atoms with Crippen molar-refractivity contribution in [3.05, 3.63) is 42.7 Å². The van der Waals surface area contributed by atoms with E-state index in [-0.39, 0.29) is 23.8 Å². The van der Waals surface area contributed by atoms with E-state index in [1.54, 1.807) is 10.9 Å². The molecular weight excluding hydrogens is 328 g/mol. The van der Waals surface area contributed by atoms with Gasteiger partial charge in [-0.05, 0) is 49.9 Å². The van der Waals surface area contributed by atoms with Crippen molar-refractivity contribution < 1.29 is 9.59 Å². The summed E-state index contributed by atoms with van der Waals surface area (Å²) >= 11 is 0. The van der Waals surface area contributed by atoms with Crippen molar-refractivity contribution in [1.82, 2.24) is 14.7 Å². The van der Waals surface area contributed by atoms with E-state index in [9.17, 15) is 9.59 Å². The number of nitrogens with zero attached hydrogens (tertiary/aromatic N) is 3. The van der Waals surface area contributed by atoms with Crippen LogP contribution in [0.2, 0.25) is 0 Å². The molecule has 6 heteroatoms. The average Bonchev–Trinajstić information content (AvgIpc) is 3.44. The predicted octanol–water partition coefficient (Wildman–Crippen LogP) is 2.99. The molecule has 1 aromatic carbocycles. The zero-order valence-electron chi connectivity index (χ0n) is 14.8. The fourth-order valence-corrected chi connectivity index (χ4v) is 4.08. The third kappa shape index (κ3) is 3.36. The van der Waals surface area contributed by atoms with Crippen molar-refractivity contribution in [2.75, 3.05) is 11.9 Å². The minimum Gasteiger partial charge on any atom is -0.330 e. The van der Waals surface area contributed by atoms with Crippen LogP contribution >= 0.6 is 0 Å². The van der Waals surface area contributed by atoms with Crippen LogP contribution in [0, 0.1) is 5.92 Å². The molecule has 1 N–H and O–H groups in total. The Hall–Kier alpha value is -2.63. The molecule has 0 bridgehead atoms. The first-order valence-electron chi connectivity index (χ1n) is 9.44. The summed E-state index contributed by atoms with van der Waals surface area (Å²) < 4.78 is 1.75. The van der Waals surface area contributed by atoms with Gasteiger partial charge in [-0.2, -0.15) is 5.10 Å². The summed E-state index contributed by atoms with van der Waals surface area (Å²) in [4.78, 5) is 27.4. The van der Waals surface area contributed by atoms with Gasteiger partial charge in [0.1, 0.15) is 6.04 Å². The molecule has 1 saturated heterocycles. The highest BCUT2D eigenvalue weighted by molar-refractivity contribution is 5.98. The van der Waals surface area contributed by atoms with Gasteiger partial charge < -0.3 is 10.2 Å². The van der Waals surface area contributed by atoms with Crippen LogP contribution in [0.4, 0.5) is 5.69 Å². The van der Waals surface area contributed by atoms with Gasteiger partial charge in [0.05, 0.1) is 5.69 Å². The third-order valence-electron chi connectivity index (χ3n) is 5.43. The molecule has 1 atom stereocenters. The third-order valence-corrected chi connectivity index (χ3v) is 5.43. The number of carbonyl (C=O) groups is 2. The molecule has 0 spiro atoms. The van der Waals surface area contributed by atoms with Gasteiger partial charge in [0.25, 0.3) is 0 Å². The minimum atomic E-state index is -0.351. The van der Waals surface area contributed by atoms with Gasteiger partial charge in [-0.15, -0.1) is 0 Å². The number of likely N-dealkylation sites (tertiary alicyclic amines) is 1. The van der Waals surface area contributed by atoms with Gasteiger partial charge in [-0.25, -0.2) is 4.68 Å². The Labute approximate surface area is 153 Å². The monoisotopic (exact) mass is 352 g/mol. The fourth-order valence-electron chi connectivity index (χ4n) is 4.08. The first kappa shape index (κ1) is 16.8. The predicted molar refractivity (Wildman–Crippen MR) is 98.9 cm³/mol. The maximum Gasteiger partial charge on any atom is 0.247 e. The number of anilines is 1. The standard InChI is InChI=1S/C20H24N4O2/c25-19(18-10-4-12-23(18)20(26)15-6-1-2-7-15)22-16-8-3-9-17(14-16)24-13-5-11-21-24/h3,5,8-9,11,13-15,18H,1-2,4,6-7,10,12H2,(H,22,25)/t18-/m1/s1. The van der Waals surface area contributed by atoms with Gasteiger partial charge in [0.15, 0.2) is 0 Å². The summed E-state index contributed by atoms with van der Waals surface area (Å²) in [6, 6.07) is 9.09. The lowest BCUT2D eigenvalue weighted by molar-refractivity contribution is -0.140. The molecule has 6 nitrogen and oxygen atoms in total. The maximum absolute atomic E-state index is 12.8. The molecule has 2 fully saturated rings. The van der Waals surface area contributed by atoms with Gasteiger partial charge >= 0.3 is 0 Å². The second-order valence-electron chi connectivity index (χ2n) is 7.16. The number of benzene rings is 1. The molecule has 0 radical (unpaired) electrons. The molecule has 2 aliphatic rings. The van der Waals surface area contributed by atoms with E-state index < -0.39 is 0 Å². The number of amides is 2. The van der Waals surface area contributed by atoms with Crippen molar-refractivity contribution >= 4 is 17.5 Å². The lowest BCUT2D eigenvalue weighted by Gasteiger charge is -2.26. The summed E-state index contributed by atoms with van der Waals surface area (Å²) in [6.07, 6.45) is 9.40. The smallest absolute Gasteiger partial charge is 0.247 e. The molecule has 136 valence electrons. The van der Waals surface area contributed by atoms with Crippen LogP contribution < -0.4 is 5.32 Å². The summed E-state index contributed by atoms with van der Waals surface area (Å²) in [7, 11) is 0. The van der Waals surface area contributed by atoms with Crippen LogP contribution in [0.15, 0.2) is 42.7 Å². The molecule has 1 aromatic heterocycles. The van der Waals surface area contributed by atoms with Crippen LogP contribution in [0.25, 0.3) is 5.69 Å². The van der Waals surface area contributed by atoms with Gasteiger partial charge in [0, 0.05) is 30.5 Å². The second-order valence-corrected chi connectivity index (χ2v) is 7.16. The number of carbonyl (C=O) groups excluding carboxylic acids is 2. The highest BCUT2D eigenvalue weighted by Gasteiger charge is 2.37. The SMILES string of the molecule is O=C(Nc1cccc(-n2cccn2)c1)[C@H]1CCCN1C(=O)C1CCCC1. The highest BCUT2D eigenvalue weighted by Crippen LogP contribution is 2.30. The molecular formula is C20H24N4O2. The van der Waals surface area contributed by atoms with E-state index >= 15 is 0 Å². The molecule has 1 aliphatic carbocycles. The van der Waals surface area contributed by atoms with Gasteiger partial charge in [-0.1, -0.05) is 18.9 Å². The van der Waals surface area contributed by atoms with E-state index in [1.165, 1.54) is 0 Å². The molecule has 2 aromatic rings. The van der Waals surface area contributed by atoms with Crippen LogP contribution in [-0.4, -0.2) is 39.1 Å². The molecule has 26 heavy (non-hydrogen) atoms. The maximum atomic E-state index is 12.8. The number of nitrogens with one attached hydrogen (secondary N) is 1. The number of aromatic nitrogens is 2. The molecule has 2 amide bonds. The zero-order chi connectivity index (χ0) is 17.9. The normalized spacial score (nSPS) is 20.5. The van der Waals surface area contributed by atoms with Crippen molar-refractivity contribution in [3.8, 4) is 5.69 Å². The number of hydrogen-bond donors (Lipinski definition) is 1. The molecule has 1 saturated carbocycles. The number of hydrogen-bond acceptors (Lipinski definition) is 3. The van der Waals surface area contributed by atoms with Gasteiger partial charge in [0.2, 0.25) is 11.8 Å².